The van der Waals surface area contributed by atoms with Crippen molar-refractivity contribution in [2.75, 3.05) is 7.11 Å². The van der Waals surface area contributed by atoms with Gasteiger partial charge in [0.1, 0.15) is 6.07 Å². The van der Waals surface area contributed by atoms with E-state index in [-0.39, 0.29) is 0 Å². The number of nitrogens with zero attached hydrogens (tertiary/aromatic N) is 1. The normalized spacial score (nSPS) is 8.82. The largest absolute Gasteiger partial charge is 0.494 e. The van der Waals surface area contributed by atoms with Crippen LogP contribution in [0.3, 0.4) is 0 Å². The van der Waals surface area contributed by atoms with Gasteiger partial charge in [-0.05, 0) is 12.1 Å². The third-order valence-corrected chi connectivity index (χ3v) is 1.59. The van der Waals surface area contributed by atoms with Crippen LogP contribution in [0.15, 0.2) is 18.2 Å². The Kier molecular flexibility index (Phi) is 2.35. The van der Waals surface area contributed by atoms with Gasteiger partial charge in [-0.2, -0.15) is 5.26 Å². The van der Waals surface area contributed by atoms with Gasteiger partial charge in [-0.3, -0.25) is 0 Å². The Morgan fingerprint density at radius 2 is 2.27 bits per heavy atom. The Labute approximate surface area is 70.0 Å². The molecule has 0 aliphatic rings. The molecule has 1 aromatic rings. The number of nitriles is 1. The van der Waals surface area contributed by atoms with Crippen molar-refractivity contribution < 1.29 is 4.74 Å². The van der Waals surface area contributed by atoms with E-state index in [1.807, 2.05) is 6.07 Å². The van der Waals surface area contributed by atoms with Crippen molar-refractivity contribution in [3.05, 3.63) is 28.8 Å². The van der Waals surface area contributed by atoms with Crippen molar-refractivity contribution in [3.63, 3.8) is 0 Å². The lowest BCUT2D eigenvalue weighted by Gasteiger charge is -2.02. The van der Waals surface area contributed by atoms with E-state index in [0.29, 0.717) is 16.3 Å². The predicted octanol–water partition coefficient (Wildman–Crippen LogP) is 2.22. The summed E-state index contributed by atoms with van der Waals surface area (Å²) in [6.45, 7) is 0. The highest BCUT2D eigenvalue weighted by Gasteiger charge is 2.04. The Balaban J connectivity index is 3.27. The van der Waals surface area contributed by atoms with Gasteiger partial charge in [0.25, 0.3) is 0 Å². The second kappa shape index (κ2) is 3.27. The van der Waals surface area contributed by atoms with Crippen molar-refractivity contribution in [1.29, 1.82) is 5.26 Å². The van der Waals surface area contributed by atoms with Crippen molar-refractivity contribution >= 4 is 11.6 Å². The maximum Gasteiger partial charge on any atom is 0.155 e. The van der Waals surface area contributed by atoms with Crippen LogP contribution in [0, 0.1) is 11.3 Å². The molecule has 0 spiro atoms. The van der Waals surface area contributed by atoms with E-state index >= 15 is 0 Å². The standard InChI is InChI=1S/C8H6ClNO/c1-11-8-6(5-10)3-2-4-7(8)9/h2-4H,1H3. The summed E-state index contributed by atoms with van der Waals surface area (Å²) in [4.78, 5) is 0. The number of hydrogen-bond acceptors (Lipinski definition) is 2. The van der Waals surface area contributed by atoms with Crippen LogP contribution in [0.4, 0.5) is 0 Å². The molecule has 56 valence electrons. The Hall–Kier alpha value is -1.20. The zero-order valence-corrected chi connectivity index (χ0v) is 6.72. The predicted molar refractivity (Wildman–Crippen MR) is 42.7 cm³/mol. The van der Waals surface area contributed by atoms with E-state index < -0.39 is 0 Å². The third-order valence-electron chi connectivity index (χ3n) is 1.29. The lowest BCUT2D eigenvalue weighted by Crippen LogP contribution is -1.87. The Morgan fingerprint density at radius 3 is 2.73 bits per heavy atom. The average Bonchev–Trinajstić information content (AvgIpc) is 2.04. The molecule has 1 aromatic carbocycles. The van der Waals surface area contributed by atoms with Crippen LogP contribution in [-0.4, -0.2) is 7.11 Å². The molecular weight excluding hydrogens is 162 g/mol. The fourth-order valence-electron chi connectivity index (χ4n) is 0.804. The molecule has 0 fully saturated rings. The molecule has 0 aromatic heterocycles. The first-order chi connectivity index (χ1) is 5.29. The van der Waals surface area contributed by atoms with Gasteiger partial charge < -0.3 is 4.74 Å². The van der Waals surface area contributed by atoms with Crippen molar-refractivity contribution in [3.8, 4) is 11.8 Å². The molecule has 0 N–H and O–H groups in total. The van der Waals surface area contributed by atoms with E-state index in [0.717, 1.165) is 0 Å². The van der Waals surface area contributed by atoms with E-state index in [9.17, 15) is 0 Å². The summed E-state index contributed by atoms with van der Waals surface area (Å²) in [5.74, 6) is 0.441. The Morgan fingerprint density at radius 1 is 1.55 bits per heavy atom. The topological polar surface area (TPSA) is 33.0 Å². The van der Waals surface area contributed by atoms with Crippen LogP contribution >= 0.6 is 11.6 Å². The first-order valence-electron chi connectivity index (χ1n) is 3.02. The molecule has 0 bridgehead atoms. The summed E-state index contributed by atoms with van der Waals surface area (Å²) in [6.07, 6.45) is 0. The fourth-order valence-corrected chi connectivity index (χ4v) is 1.06. The highest BCUT2D eigenvalue weighted by molar-refractivity contribution is 6.32. The Bertz CT molecular complexity index is 303. The fraction of sp³-hybridized carbons (Fsp3) is 0.125. The van der Waals surface area contributed by atoms with Crippen molar-refractivity contribution in [1.82, 2.24) is 0 Å². The first-order valence-corrected chi connectivity index (χ1v) is 3.40. The molecule has 0 radical (unpaired) electrons. The molecule has 1 rings (SSSR count). The van der Waals surface area contributed by atoms with Gasteiger partial charge in [-0.15, -0.1) is 0 Å². The van der Waals surface area contributed by atoms with Gasteiger partial charge in [-0.1, -0.05) is 17.7 Å². The van der Waals surface area contributed by atoms with Gasteiger partial charge in [0.05, 0.1) is 17.7 Å². The van der Waals surface area contributed by atoms with Gasteiger partial charge in [0.2, 0.25) is 0 Å². The molecule has 0 aliphatic heterocycles. The van der Waals surface area contributed by atoms with Gasteiger partial charge in [0, 0.05) is 0 Å². The number of para-hydroxylation sites is 1. The number of halogens is 1. The van der Waals surface area contributed by atoms with E-state index in [4.69, 9.17) is 21.6 Å². The lowest BCUT2D eigenvalue weighted by atomic mass is 10.2. The molecule has 0 amide bonds. The second-order valence-corrected chi connectivity index (χ2v) is 2.34. The van der Waals surface area contributed by atoms with Crippen LogP contribution in [0.5, 0.6) is 5.75 Å². The van der Waals surface area contributed by atoms with Crippen LogP contribution < -0.4 is 4.74 Å². The minimum absolute atomic E-state index is 0.441. The molecule has 0 saturated carbocycles. The van der Waals surface area contributed by atoms with E-state index in [1.54, 1.807) is 18.2 Å². The van der Waals surface area contributed by atoms with Crippen molar-refractivity contribution in [2.45, 2.75) is 0 Å². The molecule has 0 saturated heterocycles. The van der Waals surface area contributed by atoms with Gasteiger partial charge in [0.15, 0.2) is 5.75 Å². The summed E-state index contributed by atoms with van der Waals surface area (Å²) < 4.78 is 4.91. The summed E-state index contributed by atoms with van der Waals surface area (Å²) >= 11 is 5.73. The SMILES string of the molecule is COc1c(Cl)cccc1C#N. The monoisotopic (exact) mass is 167 g/mol. The lowest BCUT2D eigenvalue weighted by molar-refractivity contribution is 0.413. The minimum Gasteiger partial charge on any atom is -0.494 e. The smallest absolute Gasteiger partial charge is 0.155 e. The number of benzene rings is 1. The van der Waals surface area contributed by atoms with Crippen LogP contribution in [0.25, 0.3) is 0 Å². The molecule has 0 aliphatic carbocycles. The van der Waals surface area contributed by atoms with Gasteiger partial charge in [-0.25, -0.2) is 0 Å². The molecule has 0 unspecified atom stereocenters. The molecule has 2 nitrogen and oxygen atoms in total. The quantitative estimate of drug-likeness (QED) is 0.643. The highest BCUT2D eigenvalue weighted by atomic mass is 35.5. The maximum absolute atomic E-state index is 8.59. The van der Waals surface area contributed by atoms with Crippen LogP contribution in [0.1, 0.15) is 5.56 Å². The number of hydrogen-bond donors (Lipinski definition) is 0. The van der Waals surface area contributed by atoms with Crippen LogP contribution in [-0.2, 0) is 0 Å². The second-order valence-electron chi connectivity index (χ2n) is 1.93. The summed E-state index contributed by atoms with van der Waals surface area (Å²) in [7, 11) is 1.49. The number of methoxy groups -OCH3 is 1. The molecule has 11 heavy (non-hydrogen) atoms. The van der Waals surface area contributed by atoms with Gasteiger partial charge >= 0.3 is 0 Å². The summed E-state index contributed by atoms with van der Waals surface area (Å²) in [5, 5.41) is 9.05. The van der Waals surface area contributed by atoms with E-state index in [1.165, 1.54) is 7.11 Å². The zero-order chi connectivity index (χ0) is 8.27. The maximum atomic E-state index is 8.59. The average molecular weight is 168 g/mol. The zero-order valence-electron chi connectivity index (χ0n) is 5.97. The molecule has 3 heteroatoms. The minimum atomic E-state index is 0.441. The third kappa shape index (κ3) is 1.44. The highest BCUT2D eigenvalue weighted by Crippen LogP contribution is 2.27. The number of ether oxygens (including phenoxy) is 1. The molecule has 0 heterocycles. The van der Waals surface area contributed by atoms with Crippen molar-refractivity contribution in [2.24, 2.45) is 0 Å². The number of rotatable bonds is 1. The summed E-state index contributed by atoms with van der Waals surface area (Å²) in [5.41, 5.74) is 0.458. The first kappa shape index (κ1) is 7.90. The van der Waals surface area contributed by atoms with E-state index in [2.05, 4.69) is 0 Å². The summed E-state index contributed by atoms with van der Waals surface area (Å²) in [6, 6.07) is 7.03. The molecule has 0 atom stereocenters. The molecular formula is C8H6ClNO. The van der Waals surface area contributed by atoms with Crippen LogP contribution in [0.2, 0.25) is 5.02 Å².